The number of aromatic nitrogens is 3. The highest BCUT2D eigenvalue weighted by atomic mass is 15.1. The zero-order valence-corrected chi connectivity index (χ0v) is 11.8. The van der Waals surface area contributed by atoms with Crippen LogP contribution in [0.3, 0.4) is 0 Å². The van der Waals surface area contributed by atoms with Gasteiger partial charge in [0.2, 0.25) is 0 Å². The fourth-order valence-corrected chi connectivity index (χ4v) is 1.86. The Bertz CT molecular complexity index is 533. The van der Waals surface area contributed by atoms with Gasteiger partial charge in [0.25, 0.3) is 0 Å². The molecule has 104 valence electrons. The zero-order valence-electron chi connectivity index (χ0n) is 11.8. The summed E-state index contributed by atoms with van der Waals surface area (Å²) in [5, 5.41) is 3.31. The molecule has 0 unspecified atom stereocenters. The second-order valence-electron chi connectivity index (χ2n) is 5.03. The van der Waals surface area contributed by atoms with Gasteiger partial charge in [0, 0.05) is 25.0 Å². The number of imidazole rings is 1. The van der Waals surface area contributed by atoms with Crippen molar-refractivity contribution < 1.29 is 0 Å². The van der Waals surface area contributed by atoms with Crippen molar-refractivity contribution in [1.29, 1.82) is 0 Å². The number of nitrogens with two attached hydrogens (primary N) is 1. The number of nitrogens with zero attached hydrogens (tertiary/aromatic N) is 4. The molecule has 0 saturated heterocycles. The Morgan fingerprint density at radius 1 is 1.47 bits per heavy atom. The molecule has 0 amide bonds. The van der Waals surface area contributed by atoms with E-state index in [1.165, 1.54) is 0 Å². The lowest BCUT2D eigenvalue weighted by Gasteiger charge is -2.20. The van der Waals surface area contributed by atoms with Crippen LogP contribution in [0.2, 0.25) is 0 Å². The molecule has 0 aliphatic carbocycles. The molecular formula is C13H22N6. The van der Waals surface area contributed by atoms with Crippen LogP contribution in [0.1, 0.15) is 20.3 Å². The smallest absolute Gasteiger partial charge is 0.180 e. The fraction of sp³-hybridized carbons (Fsp3) is 0.538. The van der Waals surface area contributed by atoms with Crippen LogP contribution in [-0.4, -0.2) is 45.4 Å². The molecule has 0 bridgehead atoms. The lowest BCUT2D eigenvalue weighted by atomic mass is 10.3. The maximum Gasteiger partial charge on any atom is 0.180 e. The Morgan fingerprint density at radius 3 is 3.00 bits per heavy atom. The molecule has 19 heavy (non-hydrogen) atoms. The molecule has 0 radical (unpaired) electrons. The third-order valence-corrected chi connectivity index (χ3v) is 3.25. The van der Waals surface area contributed by atoms with Crippen LogP contribution in [-0.2, 0) is 0 Å². The zero-order chi connectivity index (χ0) is 13.8. The summed E-state index contributed by atoms with van der Waals surface area (Å²) >= 11 is 0. The second kappa shape index (κ2) is 5.88. The average molecular weight is 262 g/mol. The number of fused-ring (bicyclic) bond motifs is 1. The maximum atomic E-state index is 5.77. The quantitative estimate of drug-likeness (QED) is 0.771. The monoisotopic (exact) mass is 262 g/mol. The topological polar surface area (TPSA) is 71.5 Å². The first-order valence-corrected chi connectivity index (χ1v) is 6.61. The van der Waals surface area contributed by atoms with Crippen molar-refractivity contribution in [3.05, 3.63) is 18.6 Å². The van der Waals surface area contributed by atoms with Gasteiger partial charge in [-0.1, -0.05) is 0 Å². The van der Waals surface area contributed by atoms with E-state index in [9.17, 15) is 0 Å². The third kappa shape index (κ3) is 3.35. The summed E-state index contributed by atoms with van der Waals surface area (Å²) in [6.45, 7) is 6.30. The molecular weight excluding hydrogens is 240 g/mol. The molecule has 0 spiro atoms. The normalized spacial score (nSPS) is 11.6. The second-order valence-corrected chi connectivity index (χ2v) is 5.03. The van der Waals surface area contributed by atoms with Gasteiger partial charge in [-0.3, -0.25) is 0 Å². The highest BCUT2D eigenvalue weighted by Gasteiger charge is 2.06. The van der Waals surface area contributed by atoms with E-state index in [1.54, 1.807) is 12.4 Å². The Labute approximate surface area is 113 Å². The van der Waals surface area contributed by atoms with Crippen LogP contribution in [0.15, 0.2) is 18.6 Å². The van der Waals surface area contributed by atoms with Crippen molar-refractivity contribution in [2.45, 2.75) is 26.3 Å². The Kier molecular flexibility index (Phi) is 4.21. The van der Waals surface area contributed by atoms with Crippen molar-refractivity contribution in [3.8, 4) is 0 Å². The van der Waals surface area contributed by atoms with Crippen LogP contribution < -0.4 is 11.1 Å². The largest absolute Gasteiger partial charge is 0.382 e. The molecule has 2 rings (SSSR count). The van der Waals surface area contributed by atoms with Crippen molar-refractivity contribution in [2.24, 2.45) is 0 Å². The number of rotatable bonds is 6. The molecule has 0 aromatic carbocycles. The Morgan fingerprint density at radius 2 is 2.26 bits per heavy atom. The minimum atomic E-state index is 0.493. The lowest BCUT2D eigenvalue weighted by Crippen LogP contribution is -2.28. The summed E-state index contributed by atoms with van der Waals surface area (Å²) in [6, 6.07) is 0.574. The molecule has 0 aliphatic heterocycles. The van der Waals surface area contributed by atoms with Gasteiger partial charge in [0.15, 0.2) is 11.5 Å². The van der Waals surface area contributed by atoms with Gasteiger partial charge in [0.1, 0.15) is 5.82 Å². The first-order chi connectivity index (χ1) is 9.08. The minimum Gasteiger partial charge on any atom is -0.382 e. The lowest BCUT2D eigenvalue weighted by molar-refractivity contribution is 0.273. The molecule has 0 atom stereocenters. The molecule has 0 saturated carbocycles. The van der Waals surface area contributed by atoms with Crippen LogP contribution >= 0.6 is 0 Å². The molecule has 2 aromatic heterocycles. The van der Waals surface area contributed by atoms with E-state index < -0.39 is 0 Å². The van der Waals surface area contributed by atoms with E-state index >= 15 is 0 Å². The number of hydrogen-bond acceptors (Lipinski definition) is 5. The summed E-state index contributed by atoms with van der Waals surface area (Å²) < 4.78 is 1.88. The van der Waals surface area contributed by atoms with E-state index in [2.05, 4.69) is 41.1 Å². The maximum absolute atomic E-state index is 5.77. The van der Waals surface area contributed by atoms with Crippen molar-refractivity contribution in [2.75, 3.05) is 31.2 Å². The van der Waals surface area contributed by atoms with Crippen molar-refractivity contribution >= 4 is 17.3 Å². The number of hydrogen-bond donors (Lipinski definition) is 2. The molecule has 0 fully saturated rings. The van der Waals surface area contributed by atoms with Gasteiger partial charge in [-0.25, -0.2) is 9.97 Å². The van der Waals surface area contributed by atoms with Gasteiger partial charge in [-0.05, 0) is 33.9 Å². The van der Waals surface area contributed by atoms with E-state index in [1.807, 2.05) is 10.6 Å². The summed E-state index contributed by atoms with van der Waals surface area (Å²) in [5.74, 6) is 1.24. The fourth-order valence-electron chi connectivity index (χ4n) is 1.86. The van der Waals surface area contributed by atoms with E-state index in [4.69, 9.17) is 5.73 Å². The predicted molar refractivity (Wildman–Crippen MR) is 78.3 cm³/mol. The third-order valence-electron chi connectivity index (χ3n) is 3.25. The van der Waals surface area contributed by atoms with E-state index in [0.717, 1.165) is 31.0 Å². The minimum absolute atomic E-state index is 0.493. The first-order valence-electron chi connectivity index (χ1n) is 6.61. The van der Waals surface area contributed by atoms with Gasteiger partial charge in [-0.15, -0.1) is 0 Å². The van der Waals surface area contributed by atoms with Crippen molar-refractivity contribution in [3.63, 3.8) is 0 Å². The molecule has 0 aliphatic rings. The molecule has 3 N–H and O–H groups in total. The Hall–Kier alpha value is -1.82. The highest BCUT2D eigenvalue weighted by molar-refractivity contribution is 5.64. The summed E-state index contributed by atoms with van der Waals surface area (Å²) in [5.41, 5.74) is 6.58. The van der Waals surface area contributed by atoms with Crippen LogP contribution in [0.4, 0.5) is 11.6 Å². The standard InChI is InChI=1S/C13H22N6/c1-10(2)18(3)7-4-5-15-12-13-16-6-8-19(13)9-11(14)17-12/h6,8-10H,4-5,7,14H2,1-3H3,(H,15,17). The Balaban J connectivity index is 1.93. The van der Waals surface area contributed by atoms with Gasteiger partial charge in [0.05, 0.1) is 6.20 Å². The van der Waals surface area contributed by atoms with E-state index in [0.29, 0.717) is 11.9 Å². The van der Waals surface area contributed by atoms with Gasteiger partial charge < -0.3 is 20.4 Å². The average Bonchev–Trinajstić information content (AvgIpc) is 2.81. The van der Waals surface area contributed by atoms with Crippen LogP contribution in [0, 0.1) is 0 Å². The van der Waals surface area contributed by atoms with Crippen molar-refractivity contribution in [1.82, 2.24) is 19.3 Å². The van der Waals surface area contributed by atoms with Crippen LogP contribution in [0.25, 0.3) is 5.65 Å². The molecule has 2 heterocycles. The highest BCUT2D eigenvalue weighted by Crippen LogP contribution is 2.14. The number of nitrogen functional groups attached to an aromatic ring is 1. The molecule has 6 nitrogen and oxygen atoms in total. The number of anilines is 2. The van der Waals surface area contributed by atoms with Gasteiger partial charge in [-0.2, -0.15) is 0 Å². The molecule has 2 aromatic rings. The van der Waals surface area contributed by atoms with E-state index in [-0.39, 0.29) is 0 Å². The molecule has 6 heteroatoms. The van der Waals surface area contributed by atoms with Gasteiger partial charge >= 0.3 is 0 Å². The van der Waals surface area contributed by atoms with Crippen LogP contribution in [0.5, 0.6) is 0 Å². The summed E-state index contributed by atoms with van der Waals surface area (Å²) in [6.07, 6.45) is 6.43. The summed E-state index contributed by atoms with van der Waals surface area (Å²) in [7, 11) is 2.14. The number of nitrogens with one attached hydrogen (secondary N) is 1. The first kappa shape index (κ1) is 13.6. The SMILES string of the molecule is CC(C)N(C)CCCNc1nc(N)cn2ccnc12. The summed E-state index contributed by atoms with van der Waals surface area (Å²) in [4.78, 5) is 10.9. The predicted octanol–water partition coefficient (Wildman–Crippen LogP) is 1.45.